The number of ether oxygens (including phenoxy) is 3. The molecule has 132 valence electrons. The van der Waals surface area contributed by atoms with Crippen LogP contribution < -0.4 is 14.2 Å². The number of nitrogens with zero attached hydrogens (tertiary/aromatic N) is 1. The number of likely N-dealkylation sites (tertiary alicyclic amines) is 1. The van der Waals surface area contributed by atoms with Gasteiger partial charge in [0.1, 0.15) is 5.75 Å². The molecule has 0 saturated carbocycles. The number of hydrogen-bond donors (Lipinski definition) is 0. The van der Waals surface area contributed by atoms with Gasteiger partial charge >= 0.3 is 0 Å². The Morgan fingerprint density at radius 2 is 1.68 bits per heavy atom. The standard InChI is InChI=1S/C20H23NO4/c1-23-16-9-6-14(7-10-16)17-5-4-12-21(17)20(22)15-8-11-18(24-2)19(13-15)25-3/h6-11,13,17H,4-5,12H2,1-3H3/t17-/m0/s1. The van der Waals surface area contributed by atoms with Crippen molar-refractivity contribution in [3.8, 4) is 17.2 Å². The van der Waals surface area contributed by atoms with Gasteiger partial charge in [0.15, 0.2) is 11.5 Å². The fraction of sp³-hybridized carbons (Fsp3) is 0.350. The first-order valence-electron chi connectivity index (χ1n) is 8.35. The van der Waals surface area contributed by atoms with Crippen molar-refractivity contribution in [2.75, 3.05) is 27.9 Å². The third kappa shape index (κ3) is 3.40. The Kier molecular flexibility index (Phi) is 5.12. The van der Waals surface area contributed by atoms with E-state index in [0.717, 1.165) is 30.7 Å². The highest BCUT2D eigenvalue weighted by atomic mass is 16.5. The minimum atomic E-state index is 0.0132. The summed E-state index contributed by atoms with van der Waals surface area (Å²) in [5, 5.41) is 0. The molecule has 1 heterocycles. The molecule has 5 nitrogen and oxygen atoms in total. The van der Waals surface area contributed by atoms with Crippen molar-refractivity contribution in [2.24, 2.45) is 0 Å². The third-order valence-corrected chi connectivity index (χ3v) is 4.64. The van der Waals surface area contributed by atoms with E-state index in [9.17, 15) is 4.79 Å². The van der Waals surface area contributed by atoms with Crippen LogP contribution in [-0.4, -0.2) is 38.7 Å². The van der Waals surface area contributed by atoms with Crippen molar-refractivity contribution in [3.05, 3.63) is 53.6 Å². The molecule has 1 aliphatic heterocycles. The Balaban J connectivity index is 1.85. The first-order valence-corrected chi connectivity index (χ1v) is 8.35. The minimum Gasteiger partial charge on any atom is -0.497 e. The smallest absolute Gasteiger partial charge is 0.254 e. The second-order valence-corrected chi connectivity index (χ2v) is 6.00. The van der Waals surface area contributed by atoms with Gasteiger partial charge in [-0.3, -0.25) is 4.79 Å². The van der Waals surface area contributed by atoms with Gasteiger partial charge < -0.3 is 19.1 Å². The van der Waals surface area contributed by atoms with Crippen LogP contribution in [0.25, 0.3) is 0 Å². The zero-order valence-corrected chi connectivity index (χ0v) is 14.8. The number of benzene rings is 2. The Morgan fingerprint density at radius 3 is 2.32 bits per heavy atom. The van der Waals surface area contributed by atoms with Crippen molar-refractivity contribution in [2.45, 2.75) is 18.9 Å². The van der Waals surface area contributed by atoms with Crippen molar-refractivity contribution < 1.29 is 19.0 Å². The van der Waals surface area contributed by atoms with E-state index < -0.39 is 0 Å². The van der Waals surface area contributed by atoms with Crippen molar-refractivity contribution in [1.29, 1.82) is 0 Å². The molecule has 25 heavy (non-hydrogen) atoms. The van der Waals surface area contributed by atoms with Crippen LogP contribution in [-0.2, 0) is 0 Å². The summed E-state index contributed by atoms with van der Waals surface area (Å²) in [6.45, 7) is 0.754. The minimum absolute atomic E-state index is 0.0132. The molecule has 2 aromatic carbocycles. The van der Waals surface area contributed by atoms with E-state index in [1.54, 1.807) is 39.5 Å². The fourth-order valence-electron chi connectivity index (χ4n) is 3.32. The molecule has 2 aromatic rings. The van der Waals surface area contributed by atoms with E-state index >= 15 is 0 Å². The van der Waals surface area contributed by atoms with Gasteiger partial charge in [0.25, 0.3) is 5.91 Å². The van der Waals surface area contributed by atoms with Crippen LogP contribution in [0.3, 0.4) is 0 Å². The van der Waals surface area contributed by atoms with Gasteiger partial charge in [-0.05, 0) is 48.7 Å². The molecule has 0 aliphatic carbocycles. The normalized spacial score (nSPS) is 16.6. The zero-order valence-electron chi connectivity index (χ0n) is 14.8. The first kappa shape index (κ1) is 17.1. The summed E-state index contributed by atoms with van der Waals surface area (Å²) >= 11 is 0. The topological polar surface area (TPSA) is 48.0 Å². The Bertz CT molecular complexity index is 742. The lowest BCUT2D eigenvalue weighted by Crippen LogP contribution is -2.30. The van der Waals surface area contributed by atoms with Crippen molar-refractivity contribution >= 4 is 5.91 Å². The van der Waals surface area contributed by atoms with Gasteiger partial charge in [-0.2, -0.15) is 0 Å². The second-order valence-electron chi connectivity index (χ2n) is 6.00. The van der Waals surface area contributed by atoms with Crippen LogP contribution in [0.15, 0.2) is 42.5 Å². The van der Waals surface area contributed by atoms with Crippen molar-refractivity contribution in [1.82, 2.24) is 4.90 Å². The molecule has 1 fully saturated rings. The third-order valence-electron chi connectivity index (χ3n) is 4.64. The number of carbonyl (C=O) groups is 1. The summed E-state index contributed by atoms with van der Waals surface area (Å²) in [5.74, 6) is 2.01. The Morgan fingerprint density at radius 1 is 0.960 bits per heavy atom. The fourth-order valence-corrected chi connectivity index (χ4v) is 3.32. The van der Waals surface area contributed by atoms with Crippen LogP contribution in [0.4, 0.5) is 0 Å². The molecule has 0 bridgehead atoms. The molecule has 0 N–H and O–H groups in total. The van der Waals surface area contributed by atoms with E-state index in [0.29, 0.717) is 17.1 Å². The second kappa shape index (κ2) is 7.47. The average Bonchev–Trinajstić information content (AvgIpc) is 3.16. The summed E-state index contributed by atoms with van der Waals surface area (Å²) in [7, 11) is 4.80. The van der Waals surface area contributed by atoms with E-state index in [4.69, 9.17) is 14.2 Å². The van der Waals surface area contributed by atoms with Crippen LogP contribution in [0.1, 0.15) is 34.8 Å². The molecule has 1 amide bonds. The number of hydrogen-bond acceptors (Lipinski definition) is 4. The maximum Gasteiger partial charge on any atom is 0.254 e. The molecule has 0 unspecified atom stereocenters. The van der Waals surface area contributed by atoms with E-state index in [2.05, 4.69) is 0 Å². The predicted molar refractivity (Wildman–Crippen MR) is 95.6 cm³/mol. The maximum atomic E-state index is 13.0. The van der Waals surface area contributed by atoms with Gasteiger partial charge in [0, 0.05) is 12.1 Å². The molecule has 1 atom stereocenters. The molecule has 3 rings (SSSR count). The van der Waals surface area contributed by atoms with E-state index in [-0.39, 0.29) is 11.9 Å². The Hall–Kier alpha value is -2.69. The molecule has 1 saturated heterocycles. The highest BCUT2D eigenvalue weighted by Gasteiger charge is 2.31. The van der Waals surface area contributed by atoms with Crippen LogP contribution in [0.2, 0.25) is 0 Å². The summed E-state index contributed by atoms with van der Waals surface area (Å²) in [4.78, 5) is 15.0. The number of amides is 1. The van der Waals surface area contributed by atoms with Gasteiger partial charge in [0.2, 0.25) is 0 Å². The molecule has 0 spiro atoms. The predicted octanol–water partition coefficient (Wildman–Crippen LogP) is 3.69. The molecular weight excluding hydrogens is 318 g/mol. The quantitative estimate of drug-likeness (QED) is 0.832. The average molecular weight is 341 g/mol. The van der Waals surface area contributed by atoms with Crippen molar-refractivity contribution in [3.63, 3.8) is 0 Å². The number of rotatable bonds is 5. The highest BCUT2D eigenvalue weighted by molar-refractivity contribution is 5.95. The zero-order chi connectivity index (χ0) is 17.8. The number of carbonyl (C=O) groups excluding carboxylic acids is 1. The largest absolute Gasteiger partial charge is 0.497 e. The first-order chi connectivity index (χ1) is 12.2. The highest BCUT2D eigenvalue weighted by Crippen LogP contribution is 2.35. The van der Waals surface area contributed by atoms with Gasteiger partial charge in [-0.25, -0.2) is 0 Å². The lowest BCUT2D eigenvalue weighted by Gasteiger charge is -2.25. The molecule has 0 radical (unpaired) electrons. The van der Waals surface area contributed by atoms with Crippen LogP contribution >= 0.6 is 0 Å². The molecule has 1 aliphatic rings. The van der Waals surface area contributed by atoms with Gasteiger partial charge in [-0.1, -0.05) is 12.1 Å². The molecule has 5 heteroatoms. The lowest BCUT2D eigenvalue weighted by atomic mass is 10.0. The summed E-state index contributed by atoms with van der Waals surface area (Å²) in [6, 6.07) is 13.3. The summed E-state index contributed by atoms with van der Waals surface area (Å²) < 4.78 is 15.8. The van der Waals surface area contributed by atoms with Gasteiger partial charge in [-0.15, -0.1) is 0 Å². The molecule has 0 aromatic heterocycles. The lowest BCUT2D eigenvalue weighted by molar-refractivity contribution is 0.0735. The van der Waals surface area contributed by atoms with E-state index in [1.807, 2.05) is 29.2 Å². The Labute approximate surface area is 148 Å². The SMILES string of the molecule is COc1ccc([C@@H]2CCCN2C(=O)c2ccc(OC)c(OC)c2)cc1. The van der Waals surface area contributed by atoms with Gasteiger partial charge in [0.05, 0.1) is 27.4 Å². The maximum absolute atomic E-state index is 13.0. The summed E-state index contributed by atoms with van der Waals surface area (Å²) in [5.41, 5.74) is 1.74. The van der Waals surface area contributed by atoms with Crippen LogP contribution in [0.5, 0.6) is 17.2 Å². The van der Waals surface area contributed by atoms with Crippen LogP contribution in [0, 0.1) is 0 Å². The number of methoxy groups -OCH3 is 3. The summed E-state index contributed by atoms with van der Waals surface area (Å²) in [6.07, 6.45) is 1.96. The van der Waals surface area contributed by atoms with E-state index in [1.165, 1.54) is 0 Å². The molecular formula is C20H23NO4. The monoisotopic (exact) mass is 341 g/mol.